The molecular formula is C18H16F6N4O3. The first-order chi connectivity index (χ1) is 14.2. The van der Waals surface area contributed by atoms with Gasteiger partial charge in [-0.3, -0.25) is 9.79 Å². The number of nitrogens with one attached hydrogen (secondary N) is 1. The van der Waals surface area contributed by atoms with Gasteiger partial charge in [0.15, 0.2) is 17.1 Å². The van der Waals surface area contributed by atoms with Crippen molar-refractivity contribution in [2.45, 2.75) is 31.5 Å². The lowest BCUT2D eigenvalue weighted by molar-refractivity contribution is -0.153. The molecule has 0 unspecified atom stereocenters. The van der Waals surface area contributed by atoms with E-state index >= 15 is 0 Å². The molecule has 1 atom stereocenters. The molecule has 0 fully saturated rings. The maximum atomic E-state index is 14.7. The Morgan fingerprint density at radius 3 is 2.61 bits per heavy atom. The number of carbonyl (C=O) groups is 1. The average Bonchev–Trinajstić information content (AvgIpc) is 3.00. The Hall–Kier alpha value is -3.09. The van der Waals surface area contributed by atoms with Crippen LogP contribution in [0.15, 0.2) is 27.6 Å². The van der Waals surface area contributed by atoms with Crippen molar-refractivity contribution in [1.82, 2.24) is 4.98 Å². The lowest BCUT2D eigenvalue weighted by Gasteiger charge is -2.33. The standard InChI is InChI=1S/C18H16F6N4O3/c1-8-26-13(14(31-8)18(22,23)24)15(29)27-9-3-4-11(19)10(5-9)16(2)17(20,21)7-30-6-12(25)28-16/h3-5H,6-7H2,1-2H3,(H2,25,28)(H,27,29)/t16-/m1/s1. The van der Waals surface area contributed by atoms with Crippen LogP contribution in [0.4, 0.5) is 32.0 Å². The van der Waals surface area contributed by atoms with Gasteiger partial charge in [-0.2, -0.15) is 13.2 Å². The van der Waals surface area contributed by atoms with E-state index in [9.17, 15) is 31.1 Å². The number of alkyl halides is 5. The van der Waals surface area contributed by atoms with Crippen LogP contribution in [0.3, 0.4) is 0 Å². The van der Waals surface area contributed by atoms with E-state index in [1.807, 2.05) is 0 Å². The zero-order valence-corrected chi connectivity index (χ0v) is 16.1. The second-order valence-electron chi connectivity index (χ2n) is 6.93. The number of halogens is 6. The fourth-order valence-corrected chi connectivity index (χ4v) is 3.02. The number of carbonyl (C=O) groups excluding carboxylic acids is 1. The largest absolute Gasteiger partial charge is 0.452 e. The average molecular weight is 450 g/mol. The number of hydrogen-bond donors (Lipinski definition) is 2. The van der Waals surface area contributed by atoms with Crippen LogP contribution >= 0.6 is 0 Å². The molecule has 7 nitrogen and oxygen atoms in total. The van der Waals surface area contributed by atoms with Crippen molar-refractivity contribution in [2.24, 2.45) is 10.7 Å². The van der Waals surface area contributed by atoms with E-state index in [0.717, 1.165) is 32.0 Å². The van der Waals surface area contributed by atoms with Gasteiger partial charge in [-0.25, -0.2) is 18.2 Å². The molecule has 31 heavy (non-hydrogen) atoms. The number of amides is 1. The van der Waals surface area contributed by atoms with E-state index in [1.165, 1.54) is 0 Å². The summed E-state index contributed by atoms with van der Waals surface area (Å²) in [5.74, 6) is -8.45. The summed E-state index contributed by atoms with van der Waals surface area (Å²) in [5.41, 5.74) is 1.08. The van der Waals surface area contributed by atoms with Crippen LogP contribution in [0, 0.1) is 12.7 Å². The van der Waals surface area contributed by atoms with E-state index < -0.39 is 65.5 Å². The number of nitrogens with zero attached hydrogens (tertiary/aromatic N) is 2. The number of aromatic nitrogens is 1. The van der Waals surface area contributed by atoms with Crippen LogP contribution in [0.5, 0.6) is 0 Å². The second kappa shape index (κ2) is 7.55. The molecule has 3 rings (SSSR count). The highest BCUT2D eigenvalue weighted by molar-refractivity contribution is 6.03. The molecular weight excluding hydrogens is 434 g/mol. The Balaban J connectivity index is 2.01. The minimum atomic E-state index is -5.00. The minimum absolute atomic E-state index is 0.272. The Morgan fingerprint density at radius 2 is 1.97 bits per heavy atom. The number of nitrogens with two attached hydrogens (primary N) is 1. The topological polar surface area (TPSA) is 103 Å². The predicted molar refractivity (Wildman–Crippen MR) is 95.3 cm³/mol. The third-order valence-electron chi connectivity index (χ3n) is 4.57. The van der Waals surface area contributed by atoms with Crippen molar-refractivity contribution in [3.8, 4) is 0 Å². The first-order valence-corrected chi connectivity index (χ1v) is 8.70. The molecule has 1 aromatic heterocycles. The molecule has 1 aromatic carbocycles. The number of rotatable bonds is 3. The summed E-state index contributed by atoms with van der Waals surface area (Å²) in [6, 6.07) is 2.59. The van der Waals surface area contributed by atoms with Gasteiger partial charge in [0.2, 0.25) is 5.76 Å². The van der Waals surface area contributed by atoms with Crippen molar-refractivity contribution in [2.75, 3.05) is 18.5 Å². The molecule has 0 aliphatic carbocycles. The quantitative estimate of drug-likeness (QED) is 0.696. The number of oxazole rings is 1. The fourth-order valence-electron chi connectivity index (χ4n) is 3.02. The number of hydrogen-bond acceptors (Lipinski definition) is 6. The minimum Gasteiger partial charge on any atom is -0.436 e. The van der Waals surface area contributed by atoms with E-state index in [2.05, 4.69) is 19.7 Å². The van der Waals surface area contributed by atoms with E-state index in [1.54, 1.807) is 0 Å². The van der Waals surface area contributed by atoms with Gasteiger partial charge in [0.05, 0.1) is 0 Å². The Labute approximate surface area is 171 Å². The van der Waals surface area contributed by atoms with Gasteiger partial charge in [0.25, 0.3) is 11.8 Å². The van der Waals surface area contributed by atoms with Gasteiger partial charge >= 0.3 is 6.18 Å². The fraction of sp³-hybridized carbons (Fsp3) is 0.389. The molecule has 1 aliphatic rings. The Kier molecular flexibility index (Phi) is 5.50. The molecule has 0 radical (unpaired) electrons. The van der Waals surface area contributed by atoms with Gasteiger partial charge in [-0.1, -0.05) is 0 Å². The summed E-state index contributed by atoms with van der Waals surface area (Å²) < 4.78 is 92.3. The number of anilines is 1. The number of aliphatic imine (C=N–C) groups is 1. The van der Waals surface area contributed by atoms with Crippen LogP contribution < -0.4 is 11.1 Å². The lowest BCUT2D eigenvalue weighted by atomic mass is 9.85. The zero-order valence-electron chi connectivity index (χ0n) is 16.1. The van der Waals surface area contributed by atoms with Gasteiger partial charge in [0, 0.05) is 18.2 Å². The lowest BCUT2D eigenvalue weighted by Crippen LogP contribution is -2.45. The SMILES string of the molecule is Cc1nc(C(=O)Nc2ccc(F)c([C@@]3(C)N=C(N)COCC3(F)F)c2)c(C(F)(F)F)o1. The summed E-state index contributed by atoms with van der Waals surface area (Å²) in [6.07, 6.45) is -5.00. The van der Waals surface area contributed by atoms with Gasteiger partial charge in [-0.15, -0.1) is 0 Å². The van der Waals surface area contributed by atoms with Crippen molar-refractivity contribution < 1.29 is 40.3 Å². The summed E-state index contributed by atoms with van der Waals surface area (Å²) >= 11 is 0. The Bertz CT molecular complexity index is 1050. The normalized spacial score (nSPS) is 21.4. The predicted octanol–water partition coefficient (Wildman–Crippen LogP) is 3.63. The first kappa shape index (κ1) is 22.6. The van der Waals surface area contributed by atoms with Crippen LogP contribution in [0.1, 0.15) is 34.6 Å². The maximum Gasteiger partial charge on any atom is 0.452 e. The molecule has 2 aromatic rings. The number of ether oxygens (including phenoxy) is 1. The van der Waals surface area contributed by atoms with Crippen LogP contribution in [-0.4, -0.2) is 35.9 Å². The van der Waals surface area contributed by atoms with Crippen molar-refractivity contribution in [3.05, 3.63) is 46.9 Å². The molecule has 13 heteroatoms. The second-order valence-corrected chi connectivity index (χ2v) is 6.93. The van der Waals surface area contributed by atoms with E-state index in [-0.39, 0.29) is 11.5 Å². The smallest absolute Gasteiger partial charge is 0.436 e. The summed E-state index contributed by atoms with van der Waals surface area (Å²) in [4.78, 5) is 19.5. The van der Waals surface area contributed by atoms with Gasteiger partial charge in [0.1, 0.15) is 24.9 Å². The molecule has 0 spiro atoms. The Morgan fingerprint density at radius 1 is 1.29 bits per heavy atom. The molecule has 0 saturated carbocycles. The monoisotopic (exact) mass is 450 g/mol. The highest BCUT2D eigenvalue weighted by atomic mass is 19.4. The van der Waals surface area contributed by atoms with Crippen molar-refractivity contribution >= 4 is 17.4 Å². The third-order valence-corrected chi connectivity index (χ3v) is 4.57. The van der Waals surface area contributed by atoms with E-state index in [4.69, 9.17) is 10.5 Å². The maximum absolute atomic E-state index is 14.7. The van der Waals surface area contributed by atoms with Crippen LogP contribution in [-0.2, 0) is 16.5 Å². The summed E-state index contributed by atoms with van der Waals surface area (Å²) in [6.45, 7) is 0.550. The molecule has 1 aliphatic heterocycles. The zero-order chi connectivity index (χ0) is 23.2. The highest BCUT2D eigenvalue weighted by Gasteiger charge is 2.54. The number of amidine groups is 1. The van der Waals surface area contributed by atoms with Gasteiger partial charge < -0.3 is 20.2 Å². The number of benzene rings is 1. The van der Waals surface area contributed by atoms with Crippen molar-refractivity contribution in [1.29, 1.82) is 0 Å². The molecule has 2 heterocycles. The highest BCUT2D eigenvalue weighted by Crippen LogP contribution is 2.44. The molecule has 1 amide bonds. The van der Waals surface area contributed by atoms with Crippen LogP contribution in [0.2, 0.25) is 0 Å². The molecule has 3 N–H and O–H groups in total. The summed E-state index contributed by atoms with van der Waals surface area (Å²) in [7, 11) is 0. The summed E-state index contributed by atoms with van der Waals surface area (Å²) in [5, 5.41) is 2.08. The number of aryl methyl sites for hydroxylation is 1. The first-order valence-electron chi connectivity index (χ1n) is 8.70. The molecule has 0 bridgehead atoms. The molecule has 168 valence electrons. The molecule has 0 saturated heterocycles. The van der Waals surface area contributed by atoms with Gasteiger partial charge in [-0.05, 0) is 25.1 Å². The van der Waals surface area contributed by atoms with E-state index in [0.29, 0.717) is 0 Å². The third kappa shape index (κ3) is 4.22. The van der Waals surface area contributed by atoms with Crippen LogP contribution in [0.25, 0.3) is 0 Å². The van der Waals surface area contributed by atoms with Crippen molar-refractivity contribution in [3.63, 3.8) is 0 Å².